The highest BCUT2D eigenvalue weighted by Crippen LogP contribution is 2.13. The van der Waals surface area contributed by atoms with Crippen LogP contribution < -0.4 is 4.90 Å². The zero-order valence-electron chi connectivity index (χ0n) is 12.2. The fourth-order valence-electron chi connectivity index (χ4n) is 1.88. The number of amides is 1. The van der Waals surface area contributed by atoms with Gasteiger partial charge in [-0.05, 0) is 32.4 Å². The van der Waals surface area contributed by atoms with E-state index < -0.39 is 0 Å². The van der Waals surface area contributed by atoms with Crippen LogP contribution in [0, 0.1) is 0 Å². The van der Waals surface area contributed by atoms with Crippen LogP contribution in [-0.4, -0.2) is 53.7 Å². The van der Waals surface area contributed by atoms with Gasteiger partial charge in [0.2, 0.25) is 5.91 Å². The summed E-state index contributed by atoms with van der Waals surface area (Å²) in [4.78, 5) is 20.0. The standard InChI is InChI=1S/C14H22ClN3O2/c1-11(2)18(7-4-8-19)14(20)10-17(3)13-6-5-12(15)9-16-13/h5-6,9,11,19H,4,7-8,10H2,1-3H3. The second kappa shape index (κ2) is 8.07. The van der Waals surface area contributed by atoms with Gasteiger partial charge in [-0.3, -0.25) is 4.79 Å². The first kappa shape index (κ1) is 16.7. The van der Waals surface area contributed by atoms with Crippen LogP contribution >= 0.6 is 11.6 Å². The van der Waals surface area contributed by atoms with Gasteiger partial charge < -0.3 is 14.9 Å². The maximum atomic E-state index is 12.3. The highest BCUT2D eigenvalue weighted by Gasteiger charge is 2.18. The summed E-state index contributed by atoms with van der Waals surface area (Å²) in [6, 6.07) is 3.64. The Hall–Kier alpha value is -1.33. The van der Waals surface area contributed by atoms with Crippen LogP contribution in [0.25, 0.3) is 0 Å². The van der Waals surface area contributed by atoms with Crippen molar-refractivity contribution in [2.75, 3.05) is 31.6 Å². The molecule has 1 aromatic heterocycles. The number of aliphatic hydroxyl groups excluding tert-OH is 1. The van der Waals surface area contributed by atoms with Crippen LogP contribution in [0.4, 0.5) is 5.82 Å². The molecule has 0 saturated heterocycles. The molecule has 0 radical (unpaired) electrons. The Morgan fingerprint density at radius 3 is 2.65 bits per heavy atom. The van der Waals surface area contributed by atoms with E-state index in [1.165, 1.54) is 0 Å². The van der Waals surface area contributed by atoms with E-state index in [2.05, 4.69) is 4.98 Å². The molecule has 112 valence electrons. The average Bonchev–Trinajstić information content (AvgIpc) is 2.39. The summed E-state index contributed by atoms with van der Waals surface area (Å²) in [6.07, 6.45) is 2.15. The van der Waals surface area contributed by atoms with Gasteiger partial charge in [0.25, 0.3) is 0 Å². The molecule has 0 aliphatic heterocycles. The molecule has 6 heteroatoms. The Morgan fingerprint density at radius 1 is 1.45 bits per heavy atom. The minimum Gasteiger partial charge on any atom is -0.396 e. The molecule has 1 aromatic rings. The molecule has 0 bridgehead atoms. The van der Waals surface area contributed by atoms with Gasteiger partial charge in [0.1, 0.15) is 5.82 Å². The van der Waals surface area contributed by atoms with Gasteiger partial charge in [0.05, 0.1) is 11.6 Å². The first-order chi connectivity index (χ1) is 9.45. The minimum atomic E-state index is 0.0210. The maximum absolute atomic E-state index is 12.3. The minimum absolute atomic E-state index is 0.0210. The van der Waals surface area contributed by atoms with E-state index >= 15 is 0 Å². The second-order valence-corrected chi connectivity index (χ2v) is 5.39. The number of aliphatic hydroxyl groups is 1. The van der Waals surface area contributed by atoms with Crippen molar-refractivity contribution >= 4 is 23.3 Å². The number of carbonyl (C=O) groups is 1. The van der Waals surface area contributed by atoms with Crippen LogP contribution in [0.15, 0.2) is 18.3 Å². The summed E-state index contributed by atoms with van der Waals surface area (Å²) < 4.78 is 0. The fraction of sp³-hybridized carbons (Fsp3) is 0.571. The van der Waals surface area contributed by atoms with E-state index in [0.29, 0.717) is 23.8 Å². The molecule has 0 spiro atoms. The van der Waals surface area contributed by atoms with Gasteiger partial charge in [-0.2, -0.15) is 0 Å². The first-order valence-electron chi connectivity index (χ1n) is 6.68. The first-order valence-corrected chi connectivity index (χ1v) is 7.06. The highest BCUT2D eigenvalue weighted by molar-refractivity contribution is 6.30. The molecule has 0 unspecified atom stereocenters. The number of hydrogen-bond acceptors (Lipinski definition) is 4. The molecule has 0 fully saturated rings. The van der Waals surface area contributed by atoms with Gasteiger partial charge >= 0.3 is 0 Å². The number of pyridine rings is 1. The van der Waals surface area contributed by atoms with E-state index in [9.17, 15) is 4.79 Å². The number of aromatic nitrogens is 1. The Labute approximate surface area is 125 Å². The third-order valence-corrected chi connectivity index (χ3v) is 3.20. The van der Waals surface area contributed by atoms with Gasteiger partial charge in [-0.25, -0.2) is 4.98 Å². The lowest BCUT2D eigenvalue weighted by atomic mass is 10.2. The van der Waals surface area contributed by atoms with E-state index in [-0.39, 0.29) is 25.1 Å². The zero-order chi connectivity index (χ0) is 15.1. The van der Waals surface area contributed by atoms with Gasteiger partial charge in [0.15, 0.2) is 0 Å². The van der Waals surface area contributed by atoms with Crippen LogP contribution in [0.5, 0.6) is 0 Å². The predicted octanol–water partition coefficient (Wildman–Crippen LogP) is 1.79. The fourth-order valence-corrected chi connectivity index (χ4v) is 1.99. The molecule has 1 N–H and O–H groups in total. The van der Waals surface area contributed by atoms with Crippen LogP contribution in [0.1, 0.15) is 20.3 Å². The number of hydrogen-bond donors (Lipinski definition) is 1. The molecule has 1 rings (SSSR count). The molecule has 0 aliphatic carbocycles. The Morgan fingerprint density at radius 2 is 2.15 bits per heavy atom. The molecule has 0 aromatic carbocycles. The summed E-state index contributed by atoms with van der Waals surface area (Å²) in [5.41, 5.74) is 0. The van der Waals surface area contributed by atoms with Crippen molar-refractivity contribution in [1.82, 2.24) is 9.88 Å². The lowest BCUT2D eigenvalue weighted by molar-refractivity contribution is -0.131. The quantitative estimate of drug-likeness (QED) is 0.834. The normalized spacial score (nSPS) is 10.7. The van der Waals surface area contributed by atoms with Crippen molar-refractivity contribution in [1.29, 1.82) is 0 Å². The van der Waals surface area contributed by atoms with Crippen LogP contribution in [0.2, 0.25) is 5.02 Å². The molecule has 20 heavy (non-hydrogen) atoms. The van der Waals surface area contributed by atoms with E-state index in [1.807, 2.05) is 20.9 Å². The number of likely N-dealkylation sites (N-methyl/N-ethyl adjacent to an activating group) is 1. The van der Waals surface area contributed by atoms with Crippen molar-refractivity contribution in [2.45, 2.75) is 26.3 Å². The zero-order valence-corrected chi connectivity index (χ0v) is 13.0. The number of anilines is 1. The second-order valence-electron chi connectivity index (χ2n) is 4.95. The topological polar surface area (TPSA) is 56.7 Å². The Bertz CT molecular complexity index is 423. The molecule has 0 atom stereocenters. The van der Waals surface area contributed by atoms with Gasteiger partial charge in [-0.15, -0.1) is 0 Å². The number of halogens is 1. The summed E-state index contributed by atoms with van der Waals surface area (Å²) in [5.74, 6) is 0.723. The molecule has 1 amide bonds. The summed E-state index contributed by atoms with van der Waals surface area (Å²) in [5, 5.41) is 9.46. The van der Waals surface area contributed by atoms with Crippen LogP contribution in [0.3, 0.4) is 0 Å². The SMILES string of the molecule is CC(C)N(CCCO)C(=O)CN(C)c1ccc(Cl)cn1. The van der Waals surface area contributed by atoms with Crippen LogP contribution in [-0.2, 0) is 4.79 Å². The number of nitrogens with zero attached hydrogens (tertiary/aromatic N) is 3. The third kappa shape index (κ3) is 4.98. The molecule has 5 nitrogen and oxygen atoms in total. The highest BCUT2D eigenvalue weighted by atomic mass is 35.5. The smallest absolute Gasteiger partial charge is 0.242 e. The lowest BCUT2D eigenvalue weighted by Crippen LogP contribution is -2.43. The maximum Gasteiger partial charge on any atom is 0.242 e. The van der Waals surface area contributed by atoms with Crippen molar-refractivity contribution in [2.24, 2.45) is 0 Å². The third-order valence-electron chi connectivity index (χ3n) is 2.98. The lowest BCUT2D eigenvalue weighted by Gasteiger charge is -2.29. The van der Waals surface area contributed by atoms with E-state index in [4.69, 9.17) is 16.7 Å². The molecule has 0 saturated carbocycles. The van der Waals surface area contributed by atoms with Crippen molar-refractivity contribution in [3.63, 3.8) is 0 Å². The molecule has 0 aliphatic rings. The summed E-state index contributed by atoms with van der Waals surface area (Å²) >= 11 is 5.79. The molecular weight excluding hydrogens is 278 g/mol. The number of carbonyl (C=O) groups excluding carboxylic acids is 1. The summed E-state index contributed by atoms with van der Waals surface area (Å²) in [7, 11) is 1.82. The van der Waals surface area contributed by atoms with Crippen molar-refractivity contribution in [3.8, 4) is 0 Å². The van der Waals surface area contributed by atoms with Crippen molar-refractivity contribution in [3.05, 3.63) is 23.4 Å². The van der Waals surface area contributed by atoms with Gasteiger partial charge in [0, 0.05) is 32.4 Å². The summed E-state index contributed by atoms with van der Waals surface area (Å²) in [6.45, 7) is 4.84. The van der Waals surface area contributed by atoms with E-state index in [0.717, 1.165) is 0 Å². The average molecular weight is 300 g/mol. The Balaban J connectivity index is 2.64. The Kier molecular flexibility index (Phi) is 6.75. The number of rotatable bonds is 7. The molecule has 1 heterocycles. The van der Waals surface area contributed by atoms with Crippen molar-refractivity contribution < 1.29 is 9.90 Å². The monoisotopic (exact) mass is 299 g/mol. The molecular formula is C14H22ClN3O2. The van der Waals surface area contributed by atoms with Gasteiger partial charge in [-0.1, -0.05) is 11.6 Å². The largest absolute Gasteiger partial charge is 0.396 e. The predicted molar refractivity (Wildman–Crippen MR) is 81.1 cm³/mol. The van der Waals surface area contributed by atoms with E-state index in [1.54, 1.807) is 28.1 Å².